The molecule has 0 spiro atoms. The number of nitrogens with zero attached hydrogens (tertiary/aromatic N) is 1. The van der Waals surface area contributed by atoms with Crippen molar-refractivity contribution < 1.29 is 30.2 Å². The summed E-state index contributed by atoms with van der Waals surface area (Å²) in [7, 11) is -9.42. The Labute approximate surface area is 137 Å². The van der Waals surface area contributed by atoms with Crippen LogP contribution in [0.25, 0.3) is 0 Å². The van der Waals surface area contributed by atoms with Gasteiger partial charge in [0.05, 0.1) is 0 Å². The van der Waals surface area contributed by atoms with Gasteiger partial charge in [-0.05, 0) is 25.7 Å². The maximum Gasteiger partial charge on any atom is 0.284 e. The maximum absolute atomic E-state index is 14.7. The SMILES string of the molecule is CCC(C(F)(F)C(CC)S(=O)(=O)N1CCCCCC1)S(=O)(=O)O. The summed E-state index contributed by atoms with van der Waals surface area (Å²) in [5.41, 5.74) is 0. The molecular weight excluding hydrogens is 352 g/mol. The minimum atomic E-state index is -5.06. The molecule has 1 rings (SSSR count). The molecule has 1 aliphatic heterocycles. The summed E-state index contributed by atoms with van der Waals surface area (Å²) in [4.78, 5) is 0. The monoisotopic (exact) mass is 377 g/mol. The minimum Gasteiger partial charge on any atom is -0.285 e. The van der Waals surface area contributed by atoms with Crippen LogP contribution in [0.5, 0.6) is 0 Å². The van der Waals surface area contributed by atoms with Crippen LogP contribution in [-0.4, -0.2) is 55.2 Å². The van der Waals surface area contributed by atoms with Crippen LogP contribution in [-0.2, 0) is 20.1 Å². The molecule has 0 bridgehead atoms. The second-order valence-corrected chi connectivity index (χ2v) is 9.56. The van der Waals surface area contributed by atoms with E-state index in [2.05, 4.69) is 0 Å². The van der Waals surface area contributed by atoms with Crippen molar-refractivity contribution in [3.63, 3.8) is 0 Å². The third kappa shape index (κ3) is 4.61. The molecule has 23 heavy (non-hydrogen) atoms. The van der Waals surface area contributed by atoms with E-state index in [9.17, 15) is 25.6 Å². The number of hydrogen-bond acceptors (Lipinski definition) is 4. The van der Waals surface area contributed by atoms with Crippen LogP contribution in [0.3, 0.4) is 0 Å². The lowest BCUT2D eigenvalue weighted by atomic mass is 10.1. The van der Waals surface area contributed by atoms with Crippen LogP contribution in [0.15, 0.2) is 0 Å². The molecule has 138 valence electrons. The molecular formula is C13H25F2NO5S2. The molecule has 2 unspecified atom stereocenters. The molecule has 0 aromatic carbocycles. The van der Waals surface area contributed by atoms with E-state index in [4.69, 9.17) is 4.55 Å². The second-order valence-electron chi connectivity index (χ2n) is 5.84. The van der Waals surface area contributed by atoms with Crippen molar-refractivity contribution in [2.75, 3.05) is 13.1 Å². The summed E-state index contributed by atoms with van der Waals surface area (Å²) < 4.78 is 87.2. The largest absolute Gasteiger partial charge is 0.285 e. The van der Waals surface area contributed by atoms with Crippen molar-refractivity contribution in [1.29, 1.82) is 0 Å². The van der Waals surface area contributed by atoms with E-state index in [0.717, 1.165) is 17.1 Å². The lowest BCUT2D eigenvalue weighted by Crippen LogP contribution is -2.54. The Kier molecular flexibility index (Phi) is 6.95. The average Bonchev–Trinajstić information content (AvgIpc) is 2.66. The first kappa shape index (κ1) is 20.7. The van der Waals surface area contributed by atoms with Gasteiger partial charge in [-0.25, -0.2) is 21.5 Å². The molecule has 0 aromatic heterocycles. The van der Waals surface area contributed by atoms with Gasteiger partial charge < -0.3 is 0 Å². The molecule has 1 aliphatic rings. The van der Waals surface area contributed by atoms with Gasteiger partial charge >= 0.3 is 0 Å². The summed E-state index contributed by atoms with van der Waals surface area (Å²) in [5, 5.41) is -4.60. The van der Waals surface area contributed by atoms with Gasteiger partial charge in [0.1, 0.15) is 5.25 Å². The molecule has 1 fully saturated rings. The van der Waals surface area contributed by atoms with Crippen LogP contribution in [0, 0.1) is 0 Å². The summed E-state index contributed by atoms with van der Waals surface area (Å²) in [6, 6.07) is 0. The first-order valence-corrected chi connectivity index (χ1v) is 10.8. The predicted octanol–water partition coefficient (Wildman–Crippen LogP) is 2.27. The molecule has 1 heterocycles. The summed E-state index contributed by atoms with van der Waals surface area (Å²) in [5.74, 6) is -4.07. The summed E-state index contributed by atoms with van der Waals surface area (Å²) >= 11 is 0. The third-order valence-electron chi connectivity index (χ3n) is 4.24. The molecule has 1 N–H and O–H groups in total. The van der Waals surface area contributed by atoms with E-state index >= 15 is 0 Å². The number of halogens is 2. The van der Waals surface area contributed by atoms with E-state index in [1.165, 1.54) is 13.8 Å². The Balaban J connectivity index is 3.23. The van der Waals surface area contributed by atoms with Crippen LogP contribution < -0.4 is 0 Å². The normalized spacial score (nSPS) is 21.6. The zero-order valence-corrected chi connectivity index (χ0v) is 15.0. The lowest BCUT2D eigenvalue weighted by Gasteiger charge is -2.33. The van der Waals surface area contributed by atoms with Crippen molar-refractivity contribution in [2.45, 2.75) is 68.8 Å². The highest BCUT2D eigenvalue weighted by Crippen LogP contribution is 2.37. The maximum atomic E-state index is 14.7. The fourth-order valence-corrected chi connectivity index (χ4v) is 6.22. The van der Waals surface area contributed by atoms with Crippen molar-refractivity contribution in [3.05, 3.63) is 0 Å². The van der Waals surface area contributed by atoms with Crippen molar-refractivity contribution in [1.82, 2.24) is 4.31 Å². The second kappa shape index (κ2) is 7.71. The summed E-state index contributed by atoms with van der Waals surface area (Å²) in [6.45, 7) is 2.79. The van der Waals surface area contributed by atoms with Gasteiger partial charge in [0.2, 0.25) is 10.0 Å². The molecule has 0 aromatic rings. The number of rotatable bonds is 7. The van der Waals surface area contributed by atoms with Gasteiger partial charge in [-0.2, -0.15) is 8.42 Å². The number of sulfonamides is 1. The molecule has 0 amide bonds. The Morgan fingerprint density at radius 2 is 1.39 bits per heavy atom. The standard InChI is InChI=1S/C13H25F2NO5S2/c1-3-11(13(14,15)12(4-2)23(19,20)21)22(17,18)16-9-7-5-6-8-10-16/h11-12H,3-10H2,1-2H3,(H,19,20,21). The smallest absolute Gasteiger partial charge is 0.284 e. The van der Waals surface area contributed by atoms with E-state index in [0.29, 0.717) is 12.8 Å². The van der Waals surface area contributed by atoms with E-state index in [1.54, 1.807) is 0 Å². The molecule has 2 atom stereocenters. The van der Waals surface area contributed by atoms with Gasteiger partial charge in [-0.15, -0.1) is 0 Å². The van der Waals surface area contributed by atoms with Crippen molar-refractivity contribution >= 4 is 20.1 Å². The topological polar surface area (TPSA) is 91.8 Å². The molecule has 10 heteroatoms. The highest BCUT2D eigenvalue weighted by molar-refractivity contribution is 7.90. The fraction of sp³-hybridized carbons (Fsp3) is 1.00. The van der Waals surface area contributed by atoms with Gasteiger partial charge in [0.15, 0.2) is 5.25 Å². The molecule has 0 radical (unpaired) electrons. The first-order chi connectivity index (χ1) is 10.5. The van der Waals surface area contributed by atoms with Crippen LogP contribution in [0.1, 0.15) is 52.4 Å². The fourth-order valence-electron chi connectivity index (χ4n) is 3.05. The van der Waals surface area contributed by atoms with Gasteiger partial charge in [0, 0.05) is 13.1 Å². The van der Waals surface area contributed by atoms with Crippen LogP contribution in [0.4, 0.5) is 8.78 Å². The molecule has 6 nitrogen and oxygen atoms in total. The van der Waals surface area contributed by atoms with Gasteiger partial charge in [0.25, 0.3) is 16.0 Å². The first-order valence-electron chi connectivity index (χ1n) is 7.82. The molecule has 0 aliphatic carbocycles. The Morgan fingerprint density at radius 1 is 0.957 bits per heavy atom. The minimum absolute atomic E-state index is 0.164. The average molecular weight is 377 g/mol. The highest BCUT2D eigenvalue weighted by atomic mass is 32.2. The number of hydrogen-bond donors (Lipinski definition) is 1. The Morgan fingerprint density at radius 3 is 1.74 bits per heavy atom. The van der Waals surface area contributed by atoms with E-state index in [1.807, 2.05) is 0 Å². The van der Waals surface area contributed by atoms with E-state index in [-0.39, 0.29) is 13.1 Å². The van der Waals surface area contributed by atoms with Crippen LogP contribution >= 0.6 is 0 Å². The summed E-state index contributed by atoms with van der Waals surface area (Å²) in [6.07, 6.45) is 1.85. The lowest BCUT2D eigenvalue weighted by molar-refractivity contribution is -0.0127. The quantitative estimate of drug-likeness (QED) is 0.687. The highest BCUT2D eigenvalue weighted by Gasteiger charge is 2.57. The van der Waals surface area contributed by atoms with Crippen LogP contribution in [0.2, 0.25) is 0 Å². The van der Waals surface area contributed by atoms with Crippen molar-refractivity contribution in [2.24, 2.45) is 0 Å². The van der Waals surface area contributed by atoms with Gasteiger partial charge in [-0.1, -0.05) is 26.7 Å². The van der Waals surface area contributed by atoms with E-state index < -0.39 is 49.4 Å². The molecule has 1 saturated heterocycles. The third-order valence-corrected chi connectivity index (χ3v) is 8.06. The van der Waals surface area contributed by atoms with Gasteiger partial charge in [-0.3, -0.25) is 4.55 Å². The van der Waals surface area contributed by atoms with Crippen molar-refractivity contribution in [3.8, 4) is 0 Å². The number of alkyl halides is 2. The zero-order valence-electron chi connectivity index (χ0n) is 13.4. The Hall–Kier alpha value is -0.320. The Bertz CT molecular complexity index is 583. The zero-order chi connectivity index (χ0) is 17.9. The predicted molar refractivity (Wildman–Crippen MR) is 83.6 cm³/mol. The molecule has 0 saturated carbocycles.